The minimum absolute atomic E-state index is 0.0281. The Balaban J connectivity index is 1.80. The molecule has 1 aliphatic heterocycles. The van der Waals surface area contributed by atoms with Crippen LogP contribution in [0, 0.1) is 0 Å². The summed E-state index contributed by atoms with van der Waals surface area (Å²) in [7, 11) is 0. The van der Waals surface area contributed by atoms with Crippen molar-refractivity contribution in [2.45, 2.75) is 6.04 Å². The fraction of sp³-hybridized carbons (Fsp3) is 0.200. The molecule has 0 aliphatic carbocycles. The zero-order chi connectivity index (χ0) is 20.5. The van der Waals surface area contributed by atoms with Crippen LogP contribution in [0.15, 0.2) is 78.9 Å². The molecule has 1 fully saturated rings. The first-order valence-electron chi connectivity index (χ1n) is 10.2. The minimum atomic E-state index is -0.0281. The van der Waals surface area contributed by atoms with Crippen LogP contribution < -0.4 is 0 Å². The number of para-hydroxylation sites is 1. The van der Waals surface area contributed by atoms with E-state index < -0.39 is 0 Å². The number of nitrogens with zero attached hydrogens (tertiary/aromatic N) is 2. The van der Waals surface area contributed by atoms with Gasteiger partial charge in [-0.15, -0.1) is 0 Å². The van der Waals surface area contributed by atoms with Crippen LogP contribution in [0.1, 0.15) is 17.2 Å². The van der Waals surface area contributed by atoms with Gasteiger partial charge in [-0.25, -0.2) is 0 Å². The molecule has 3 aromatic carbocycles. The molecule has 1 saturated heterocycles. The molecular weight excluding hydrogens is 396 g/mol. The Kier molecular flexibility index (Phi) is 5.21. The van der Waals surface area contributed by atoms with E-state index in [1.807, 2.05) is 60.7 Å². The quantitative estimate of drug-likeness (QED) is 0.437. The Bertz CT molecular complexity index is 1150. The first kappa shape index (κ1) is 19.2. The molecule has 1 aromatic heterocycles. The lowest BCUT2D eigenvalue weighted by atomic mass is 9.92. The van der Waals surface area contributed by atoms with Gasteiger partial charge >= 0.3 is 0 Å². The molecule has 30 heavy (non-hydrogen) atoms. The van der Waals surface area contributed by atoms with Gasteiger partial charge in [0.2, 0.25) is 0 Å². The fourth-order valence-corrected chi connectivity index (χ4v) is 4.57. The molecular formula is C25H23ClN2O2. The summed E-state index contributed by atoms with van der Waals surface area (Å²) >= 11 is 6.20. The van der Waals surface area contributed by atoms with Gasteiger partial charge in [0.1, 0.15) is 0 Å². The molecule has 0 spiro atoms. The number of hydrogen-bond acceptors (Lipinski definition) is 3. The second-order valence-corrected chi connectivity index (χ2v) is 8.00. The lowest BCUT2D eigenvalue weighted by molar-refractivity contribution is 0.0241. The average molecular weight is 419 g/mol. The number of benzene rings is 3. The monoisotopic (exact) mass is 418 g/mol. The molecule has 4 aromatic rings. The van der Waals surface area contributed by atoms with E-state index >= 15 is 0 Å². The van der Waals surface area contributed by atoms with Crippen molar-refractivity contribution in [1.82, 2.24) is 9.63 Å². The Morgan fingerprint density at radius 1 is 0.833 bits per heavy atom. The van der Waals surface area contributed by atoms with Gasteiger partial charge in [-0.3, -0.25) is 4.90 Å². The van der Waals surface area contributed by atoms with E-state index in [9.17, 15) is 5.21 Å². The maximum Gasteiger partial charge on any atom is 0.0930 e. The van der Waals surface area contributed by atoms with Crippen molar-refractivity contribution in [3.63, 3.8) is 0 Å². The van der Waals surface area contributed by atoms with Crippen LogP contribution in [0.2, 0.25) is 5.02 Å². The molecule has 2 heterocycles. The third-order valence-electron chi connectivity index (χ3n) is 5.81. The van der Waals surface area contributed by atoms with Crippen molar-refractivity contribution >= 4 is 22.5 Å². The Hall–Kier alpha value is -2.79. The van der Waals surface area contributed by atoms with Crippen LogP contribution in [0.4, 0.5) is 0 Å². The van der Waals surface area contributed by atoms with E-state index in [0.717, 1.165) is 46.4 Å². The number of fused-ring (bicyclic) bond motifs is 1. The minimum Gasteiger partial charge on any atom is -0.428 e. The standard InChI is InChI=1S/C25H23ClN2O2/c26-20-12-10-19(11-13-20)24(27-14-16-30-17-15-27)23-21-8-4-5-9-22(21)28(29)25(23)18-6-2-1-3-7-18/h1-13,24,29H,14-17H2/t24-/m0/s1. The second kappa shape index (κ2) is 8.15. The van der Waals surface area contributed by atoms with E-state index in [1.54, 1.807) is 0 Å². The summed E-state index contributed by atoms with van der Waals surface area (Å²) in [5.74, 6) is 0. The van der Waals surface area contributed by atoms with Crippen LogP contribution in [-0.4, -0.2) is 41.1 Å². The topological polar surface area (TPSA) is 37.6 Å². The van der Waals surface area contributed by atoms with Gasteiger partial charge in [0.25, 0.3) is 0 Å². The summed E-state index contributed by atoms with van der Waals surface area (Å²) in [6.45, 7) is 3.05. The Morgan fingerprint density at radius 2 is 1.50 bits per heavy atom. The summed E-state index contributed by atoms with van der Waals surface area (Å²) in [4.78, 5) is 2.43. The maximum atomic E-state index is 11.2. The predicted molar refractivity (Wildman–Crippen MR) is 120 cm³/mol. The van der Waals surface area contributed by atoms with Crippen LogP contribution in [0.25, 0.3) is 22.2 Å². The molecule has 0 saturated carbocycles. The Morgan fingerprint density at radius 3 is 2.23 bits per heavy atom. The summed E-state index contributed by atoms with van der Waals surface area (Å²) in [6, 6.07) is 26.1. The third-order valence-corrected chi connectivity index (χ3v) is 6.06. The van der Waals surface area contributed by atoms with Crippen molar-refractivity contribution in [2.24, 2.45) is 0 Å². The highest BCUT2D eigenvalue weighted by Crippen LogP contribution is 2.42. The molecule has 0 radical (unpaired) electrons. The zero-order valence-electron chi connectivity index (χ0n) is 16.5. The van der Waals surface area contributed by atoms with E-state index in [0.29, 0.717) is 18.2 Å². The van der Waals surface area contributed by atoms with E-state index in [4.69, 9.17) is 16.3 Å². The zero-order valence-corrected chi connectivity index (χ0v) is 17.3. The molecule has 152 valence electrons. The van der Waals surface area contributed by atoms with E-state index in [-0.39, 0.29) is 6.04 Å². The van der Waals surface area contributed by atoms with Gasteiger partial charge in [0.15, 0.2) is 0 Å². The van der Waals surface area contributed by atoms with Gasteiger partial charge < -0.3 is 9.94 Å². The van der Waals surface area contributed by atoms with Crippen molar-refractivity contribution in [3.05, 3.63) is 95.0 Å². The molecule has 1 aliphatic rings. The highest BCUT2D eigenvalue weighted by molar-refractivity contribution is 6.30. The highest BCUT2D eigenvalue weighted by atomic mass is 35.5. The van der Waals surface area contributed by atoms with Crippen molar-refractivity contribution in [3.8, 4) is 11.3 Å². The first-order valence-corrected chi connectivity index (χ1v) is 10.6. The van der Waals surface area contributed by atoms with Crippen LogP contribution in [0.3, 0.4) is 0 Å². The lowest BCUT2D eigenvalue weighted by Crippen LogP contribution is -2.39. The lowest BCUT2D eigenvalue weighted by Gasteiger charge is -2.35. The van der Waals surface area contributed by atoms with Crippen LogP contribution in [-0.2, 0) is 4.74 Å². The Labute approximate surface area is 180 Å². The van der Waals surface area contributed by atoms with Crippen molar-refractivity contribution < 1.29 is 9.94 Å². The SMILES string of the molecule is On1c(-c2ccccc2)c([C@H](c2ccc(Cl)cc2)N2CCOCC2)c2ccccc21. The number of morpholine rings is 1. The van der Waals surface area contributed by atoms with Crippen LogP contribution in [0.5, 0.6) is 0 Å². The maximum absolute atomic E-state index is 11.2. The van der Waals surface area contributed by atoms with E-state index in [1.165, 1.54) is 4.73 Å². The summed E-state index contributed by atoms with van der Waals surface area (Å²) in [5, 5.41) is 13.0. The largest absolute Gasteiger partial charge is 0.428 e. The average Bonchev–Trinajstić information content (AvgIpc) is 3.09. The highest BCUT2D eigenvalue weighted by Gasteiger charge is 2.31. The molecule has 0 amide bonds. The number of ether oxygens (including phenoxy) is 1. The molecule has 1 atom stereocenters. The van der Waals surface area contributed by atoms with E-state index in [2.05, 4.69) is 23.1 Å². The van der Waals surface area contributed by atoms with Gasteiger partial charge in [0.05, 0.1) is 30.5 Å². The summed E-state index contributed by atoms with van der Waals surface area (Å²) in [5.41, 5.74) is 4.86. The van der Waals surface area contributed by atoms with Gasteiger partial charge in [-0.1, -0.05) is 72.3 Å². The number of aromatic nitrogens is 1. The van der Waals surface area contributed by atoms with Gasteiger partial charge in [-0.2, -0.15) is 4.73 Å². The molecule has 4 nitrogen and oxygen atoms in total. The molecule has 5 heteroatoms. The molecule has 0 bridgehead atoms. The van der Waals surface area contributed by atoms with Gasteiger partial charge in [0, 0.05) is 34.6 Å². The number of hydrogen-bond donors (Lipinski definition) is 1. The fourth-order valence-electron chi connectivity index (χ4n) is 4.44. The molecule has 5 rings (SSSR count). The normalized spacial score (nSPS) is 16.0. The smallest absolute Gasteiger partial charge is 0.0930 e. The molecule has 1 N–H and O–H groups in total. The first-order chi connectivity index (χ1) is 14.7. The molecule has 0 unspecified atom stereocenters. The van der Waals surface area contributed by atoms with Crippen molar-refractivity contribution in [2.75, 3.05) is 26.3 Å². The predicted octanol–water partition coefficient (Wildman–Crippen LogP) is 5.62. The summed E-state index contributed by atoms with van der Waals surface area (Å²) in [6.07, 6.45) is 0. The third kappa shape index (κ3) is 3.37. The summed E-state index contributed by atoms with van der Waals surface area (Å²) < 4.78 is 6.97. The van der Waals surface area contributed by atoms with Gasteiger partial charge in [-0.05, 0) is 23.8 Å². The number of rotatable bonds is 4. The van der Waals surface area contributed by atoms with Crippen LogP contribution >= 0.6 is 11.6 Å². The second-order valence-electron chi connectivity index (χ2n) is 7.56. The van der Waals surface area contributed by atoms with Crippen molar-refractivity contribution in [1.29, 1.82) is 0 Å². The number of halogens is 1.